The summed E-state index contributed by atoms with van der Waals surface area (Å²) in [5, 5.41) is 10.2. The van der Waals surface area contributed by atoms with Crippen LogP contribution in [0.2, 0.25) is 0 Å². The minimum Gasteiger partial charge on any atom is -0.310 e. The fraction of sp³-hybridized carbons (Fsp3) is 0. The van der Waals surface area contributed by atoms with E-state index < -0.39 is 0 Å². The van der Waals surface area contributed by atoms with Crippen molar-refractivity contribution in [3.05, 3.63) is 188 Å². The first-order chi connectivity index (χ1) is 24.8. The van der Waals surface area contributed by atoms with Crippen molar-refractivity contribution in [2.45, 2.75) is 0 Å². The second kappa shape index (κ2) is 11.7. The Kier molecular flexibility index (Phi) is 6.75. The topological polar surface area (TPSA) is 3.24 Å². The van der Waals surface area contributed by atoms with Gasteiger partial charge in [0.05, 0.1) is 0 Å². The number of hydrogen-bond acceptors (Lipinski definition) is 2. The predicted octanol–water partition coefficient (Wildman–Crippen LogP) is 14.3. The van der Waals surface area contributed by atoms with Crippen molar-refractivity contribution in [1.29, 1.82) is 0 Å². The Morgan fingerprint density at radius 1 is 0.300 bits per heavy atom. The number of thiophene rings is 1. The zero-order valence-electron chi connectivity index (χ0n) is 27.3. The lowest BCUT2D eigenvalue weighted by molar-refractivity contribution is 1.29. The predicted molar refractivity (Wildman–Crippen MR) is 217 cm³/mol. The van der Waals surface area contributed by atoms with Gasteiger partial charge in [0.25, 0.3) is 0 Å². The normalized spacial score (nSPS) is 11.6. The molecule has 0 bridgehead atoms. The lowest BCUT2D eigenvalue weighted by atomic mass is 9.93. The van der Waals surface area contributed by atoms with Gasteiger partial charge in [0, 0.05) is 37.2 Å². The summed E-state index contributed by atoms with van der Waals surface area (Å²) in [6.07, 6.45) is 0. The maximum atomic E-state index is 2.41. The molecular weight excluding hydrogens is 623 g/mol. The lowest BCUT2D eigenvalue weighted by Gasteiger charge is -2.26. The first-order valence-corrected chi connectivity index (χ1v) is 17.9. The third-order valence-corrected chi connectivity index (χ3v) is 11.1. The summed E-state index contributed by atoms with van der Waals surface area (Å²) in [6.45, 7) is 0. The zero-order chi connectivity index (χ0) is 33.0. The van der Waals surface area contributed by atoms with E-state index in [9.17, 15) is 0 Å². The van der Waals surface area contributed by atoms with Crippen LogP contribution in [0.15, 0.2) is 188 Å². The van der Waals surface area contributed by atoms with Crippen molar-refractivity contribution in [3.63, 3.8) is 0 Å². The summed E-state index contributed by atoms with van der Waals surface area (Å²) in [4.78, 5) is 2.41. The molecular formula is C48H31NS. The first-order valence-electron chi connectivity index (χ1n) is 17.1. The molecule has 0 amide bonds. The highest BCUT2D eigenvalue weighted by atomic mass is 32.1. The van der Waals surface area contributed by atoms with E-state index in [1.165, 1.54) is 74.7 Å². The molecule has 0 aliphatic heterocycles. The number of anilines is 3. The van der Waals surface area contributed by atoms with E-state index in [0.29, 0.717) is 0 Å². The number of nitrogens with zero attached hydrogens (tertiary/aromatic N) is 1. The highest BCUT2D eigenvalue weighted by Gasteiger charge is 2.17. The molecule has 9 aromatic carbocycles. The third-order valence-electron chi connectivity index (χ3n) is 10.00. The Hall–Kier alpha value is -6.22. The molecule has 0 atom stereocenters. The summed E-state index contributed by atoms with van der Waals surface area (Å²) in [5.74, 6) is 0. The molecule has 234 valence electrons. The van der Waals surface area contributed by atoms with Gasteiger partial charge in [-0.2, -0.15) is 0 Å². The standard InChI is InChI=1S/C48H31NS/c1-2-11-32(12-3-1)33-21-23-38(24-22-33)49(40-25-26-47-46(31-40)45-28-34-13-4-5-14-35(34)30-48(45)50-47)39-17-10-16-36(27-39)44-29-37-15-6-7-18-41(37)42-19-8-9-20-43(42)44/h1-31H. The van der Waals surface area contributed by atoms with Crippen LogP contribution in [0.1, 0.15) is 0 Å². The van der Waals surface area contributed by atoms with Crippen molar-refractivity contribution >= 4 is 80.9 Å². The maximum Gasteiger partial charge on any atom is 0.0468 e. The van der Waals surface area contributed by atoms with Crippen molar-refractivity contribution in [1.82, 2.24) is 0 Å². The Balaban J connectivity index is 1.17. The molecule has 0 fully saturated rings. The van der Waals surface area contributed by atoms with Crippen LogP contribution in [0.4, 0.5) is 17.1 Å². The SMILES string of the molecule is c1ccc(-c2ccc(N(c3cccc(-c4cc5ccccc5c5ccccc45)c3)c3ccc4sc5cc6ccccc6cc5c4c3)cc2)cc1. The lowest BCUT2D eigenvalue weighted by Crippen LogP contribution is -2.10. The van der Waals surface area contributed by atoms with Crippen LogP contribution in [0.5, 0.6) is 0 Å². The van der Waals surface area contributed by atoms with Crippen molar-refractivity contribution in [3.8, 4) is 22.3 Å². The largest absolute Gasteiger partial charge is 0.310 e. The van der Waals surface area contributed by atoms with Crippen LogP contribution in [0, 0.1) is 0 Å². The molecule has 0 saturated carbocycles. The van der Waals surface area contributed by atoms with Crippen LogP contribution in [0.25, 0.3) is 74.7 Å². The fourth-order valence-electron chi connectivity index (χ4n) is 7.58. The highest BCUT2D eigenvalue weighted by Crippen LogP contribution is 2.43. The van der Waals surface area contributed by atoms with E-state index in [0.717, 1.165) is 17.1 Å². The van der Waals surface area contributed by atoms with Gasteiger partial charge in [0.15, 0.2) is 0 Å². The molecule has 2 heteroatoms. The molecule has 0 N–H and O–H groups in total. The Bertz CT molecular complexity index is 2870. The Labute approximate surface area is 294 Å². The summed E-state index contributed by atoms with van der Waals surface area (Å²) >= 11 is 1.87. The summed E-state index contributed by atoms with van der Waals surface area (Å²) in [7, 11) is 0. The van der Waals surface area contributed by atoms with Crippen LogP contribution in [-0.4, -0.2) is 0 Å². The molecule has 1 nitrogen and oxygen atoms in total. The quantitative estimate of drug-likeness (QED) is 0.167. The van der Waals surface area contributed by atoms with Crippen LogP contribution in [-0.2, 0) is 0 Å². The number of hydrogen-bond donors (Lipinski definition) is 0. The van der Waals surface area contributed by atoms with Crippen molar-refractivity contribution in [2.75, 3.05) is 4.90 Å². The molecule has 1 heterocycles. The van der Waals surface area contributed by atoms with Gasteiger partial charge in [-0.15, -0.1) is 11.3 Å². The molecule has 0 unspecified atom stereocenters. The monoisotopic (exact) mass is 653 g/mol. The van der Waals surface area contributed by atoms with E-state index in [1.54, 1.807) is 0 Å². The Morgan fingerprint density at radius 2 is 0.900 bits per heavy atom. The van der Waals surface area contributed by atoms with Gasteiger partial charge < -0.3 is 4.90 Å². The van der Waals surface area contributed by atoms with Crippen LogP contribution >= 0.6 is 11.3 Å². The van der Waals surface area contributed by atoms with Gasteiger partial charge in [-0.05, 0) is 115 Å². The van der Waals surface area contributed by atoms with E-state index in [-0.39, 0.29) is 0 Å². The van der Waals surface area contributed by atoms with Gasteiger partial charge in [-0.25, -0.2) is 0 Å². The smallest absolute Gasteiger partial charge is 0.0468 e. The van der Waals surface area contributed by atoms with Gasteiger partial charge in [0.2, 0.25) is 0 Å². The summed E-state index contributed by atoms with van der Waals surface area (Å²) in [5.41, 5.74) is 8.24. The molecule has 50 heavy (non-hydrogen) atoms. The Morgan fingerprint density at radius 3 is 1.72 bits per heavy atom. The van der Waals surface area contributed by atoms with Crippen LogP contribution < -0.4 is 4.90 Å². The number of benzene rings is 9. The first kappa shape index (κ1) is 28.8. The molecule has 0 saturated heterocycles. The van der Waals surface area contributed by atoms with E-state index >= 15 is 0 Å². The number of rotatable bonds is 5. The average Bonchev–Trinajstić information content (AvgIpc) is 3.54. The van der Waals surface area contributed by atoms with Crippen LogP contribution in [0.3, 0.4) is 0 Å². The molecule has 0 radical (unpaired) electrons. The van der Waals surface area contributed by atoms with Gasteiger partial charge in [-0.1, -0.05) is 127 Å². The van der Waals surface area contributed by atoms with E-state index in [4.69, 9.17) is 0 Å². The summed E-state index contributed by atoms with van der Waals surface area (Å²) in [6, 6.07) is 68.8. The minimum absolute atomic E-state index is 1.12. The van der Waals surface area contributed by atoms with E-state index in [2.05, 4.69) is 193 Å². The highest BCUT2D eigenvalue weighted by molar-refractivity contribution is 7.25. The average molecular weight is 654 g/mol. The minimum atomic E-state index is 1.12. The van der Waals surface area contributed by atoms with Gasteiger partial charge in [0.1, 0.15) is 0 Å². The van der Waals surface area contributed by atoms with Gasteiger partial charge >= 0.3 is 0 Å². The molecule has 0 aliphatic rings. The maximum absolute atomic E-state index is 2.41. The van der Waals surface area contributed by atoms with Gasteiger partial charge in [-0.3, -0.25) is 0 Å². The number of fused-ring (bicyclic) bond motifs is 7. The molecule has 10 aromatic rings. The molecule has 10 rings (SSSR count). The summed E-state index contributed by atoms with van der Waals surface area (Å²) < 4.78 is 2.62. The molecule has 0 spiro atoms. The van der Waals surface area contributed by atoms with Crippen molar-refractivity contribution in [2.24, 2.45) is 0 Å². The fourth-order valence-corrected chi connectivity index (χ4v) is 8.69. The second-order valence-corrected chi connectivity index (χ2v) is 14.1. The zero-order valence-corrected chi connectivity index (χ0v) is 28.1. The molecule has 1 aromatic heterocycles. The molecule has 0 aliphatic carbocycles. The third kappa shape index (κ3) is 4.84. The van der Waals surface area contributed by atoms with E-state index in [1.807, 2.05) is 11.3 Å². The van der Waals surface area contributed by atoms with Crippen molar-refractivity contribution < 1.29 is 0 Å². The second-order valence-electron chi connectivity index (χ2n) is 13.0.